The average Bonchev–Trinajstić information content (AvgIpc) is 2.75. The minimum absolute atomic E-state index is 0.0191. The van der Waals surface area contributed by atoms with Crippen molar-refractivity contribution < 1.29 is 4.79 Å². The summed E-state index contributed by atoms with van der Waals surface area (Å²) in [6.07, 6.45) is 6.10. The van der Waals surface area contributed by atoms with Crippen LogP contribution < -0.4 is 0 Å². The first kappa shape index (κ1) is 14.3. The first-order chi connectivity index (χ1) is 9.22. The van der Waals surface area contributed by atoms with Crippen molar-refractivity contribution >= 4 is 5.78 Å². The lowest BCUT2D eigenvalue weighted by atomic mass is 10.0. The van der Waals surface area contributed by atoms with Crippen LogP contribution in [0.25, 0.3) is 0 Å². The van der Waals surface area contributed by atoms with E-state index in [4.69, 9.17) is 0 Å². The largest absolute Gasteiger partial charge is 0.294 e. The van der Waals surface area contributed by atoms with E-state index in [1.54, 1.807) is 0 Å². The van der Waals surface area contributed by atoms with E-state index < -0.39 is 0 Å². The van der Waals surface area contributed by atoms with Gasteiger partial charge in [0.2, 0.25) is 0 Å². The highest BCUT2D eigenvalue weighted by atomic mass is 16.1. The molecule has 1 heterocycles. The molecular formula is C17H25NO. The highest BCUT2D eigenvalue weighted by molar-refractivity contribution is 5.99. The van der Waals surface area contributed by atoms with Gasteiger partial charge in [-0.15, -0.1) is 0 Å². The molecule has 0 bridgehead atoms. The number of Topliss-reactive ketones (excluding diaryl/α,β-unsaturated/α-hetero) is 1. The van der Waals surface area contributed by atoms with Gasteiger partial charge in [0.15, 0.2) is 5.78 Å². The van der Waals surface area contributed by atoms with Gasteiger partial charge in [0.25, 0.3) is 0 Å². The molecule has 1 atom stereocenters. The van der Waals surface area contributed by atoms with E-state index in [0.717, 1.165) is 25.1 Å². The summed E-state index contributed by atoms with van der Waals surface area (Å²) in [5.41, 5.74) is 2.15. The second-order valence-corrected chi connectivity index (χ2v) is 5.54. The third-order valence-electron chi connectivity index (χ3n) is 4.21. The van der Waals surface area contributed by atoms with Crippen molar-refractivity contribution in [1.82, 2.24) is 4.90 Å². The Morgan fingerprint density at radius 1 is 1.11 bits per heavy atom. The first-order valence-electron chi connectivity index (χ1n) is 7.59. The smallest absolute Gasteiger partial charge is 0.179 e. The van der Waals surface area contributed by atoms with E-state index in [-0.39, 0.29) is 11.8 Å². The molecule has 0 aromatic heterocycles. The number of aryl methyl sites for hydroxylation is 1. The summed E-state index contributed by atoms with van der Waals surface area (Å²) >= 11 is 0. The van der Waals surface area contributed by atoms with E-state index in [9.17, 15) is 4.79 Å². The molecule has 1 saturated heterocycles. The van der Waals surface area contributed by atoms with Crippen LogP contribution in [-0.2, 0) is 6.42 Å². The highest BCUT2D eigenvalue weighted by Gasteiger charge is 2.22. The van der Waals surface area contributed by atoms with E-state index in [0.29, 0.717) is 0 Å². The highest BCUT2D eigenvalue weighted by Crippen LogP contribution is 2.16. The normalized spacial score (nSPS) is 18.8. The molecule has 104 valence electrons. The van der Waals surface area contributed by atoms with Gasteiger partial charge >= 0.3 is 0 Å². The third-order valence-corrected chi connectivity index (χ3v) is 4.21. The van der Waals surface area contributed by atoms with Crippen LogP contribution in [0.5, 0.6) is 0 Å². The minimum atomic E-state index is 0.0191. The molecule has 2 rings (SSSR count). The van der Waals surface area contributed by atoms with Gasteiger partial charge in [-0.25, -0.2) is 0 Å². The Kier molecular flexibility index (Phi) is 5.15. The number of nitrogens with zero attached hydrogens (tertiary/aromatic N) is 1. The molecule has 0 aliphatic carbocycles. The Hall–Kier alpha value is -1.15. The maximum absolute atomic E-state index is 12.5. The topological polar surface area (TPSA) is 20.3 Å². The Morgan fingerprint density at radius 2 is 1.68 bits per heavy atom. The quantitative estimate of drug-likeness (QED) is 0.768. The summed E-state index contributed by atoms with van der Waals surface area (Å²) in [4.78, 5) is 14.9. The maximum atomic E-state index is 12.5. The van der Waals surface area contributed by atoms with E-state index in [1.807, 2.05) is 12.1 Å². The Morgan fingerprint density at radius 3 is 2.21 bits per heavy atom. The zero-order valence-electron chi connectivity index (χ0n) is 12.2. The van der Waals surface area contributed by atoms with Crippen molar-refractivity contribution in [2.75, 3.05) is 13.1 Å². The van der Waals surface area contributed by atoms with Crippen LogP contribution in [0.1, 0.15) is 55.5 Å². The molecule has 1 aromatic carbocycles. The predicted octanol–water partition coefficient (Wildman–Crippen LogP) is 3.70. The third kappa shape index (κ3) is 3.66. The fourth-order valence-electron chi connectivity index (χ4n) is 2.79. The lowest BCUT2D eigenvalue weighted by molar-refractivity contribution is 0.0843. The van der Waals surface area contributed by atoms with Crippen molar-refractivity contribution in [1.29, 1.82) is 0 Å². The molecule has 0 amide bonds. The van der Waals surface area contributed by atoms with Gasteiger partial charge < -0.3 is 0 Å². The lowest BCUT2D eigenvalue weighted by Crippen LogP contribution is -2.39. The molecule has 1 aliphatic heterocycles. The van der Waals surface area contributed by atoms with Crippen molar-refractivity contribution in [2.45, 2.75) is 52.0 Å². The van der Waals surface area contributed by atoms with Crippen LogP contribution in [-0.4, -0.2) is 29.8 Å². The lowest BCUT2D eigenvalue weighted by Gasteiger charge is -2.26. The molecule has 2 heteroatoms. The van der Waals surface area contributed by atoms with Gasteiger partial charge in [-0.05, 0) is 44.8 Å². The van der Waals surface area contributed by atoms with E-state index >= 15 is 0 Å². The molecule has 19 heavy (non-hydrogen) atoms. The molecular weight excluding hydrogens is 234 g/mol. The number of hydrogen-bond donors (Lipinski definition) is 0. The van der Waals surface area contributed by atoms with Crippen molar-refractivity contribution in [2.24, 2.45) is 0 Å². The molecule has 0 N–H and O–H groups in total. The van der Waals surface area contributed by atoms with Crippen molar-refractivity contribution in [3.8, 4) is 0 Å². The summed E-state index contributed by atoms with van der Waals surface area (Å²) in [5.74, 6) is 0.268. The predicted molar refractivity (Wildman–Crippen MR) is 79.7 cm³/mol. The van der Waals surface area contributed by atoms with Crippen LogP contribution in [0, 0.1) is 0 Å². The van der Waals surface area contributed by atoms with Crippen LogP contribution >= 0.6 is 0 Å². The second-order valence-electron chi connectivity index (χ2n) is 5.54. The summed E-state index contributed by atoms with van der Waals surface area (Å²) < 4.78 is 0. The fraction of sp³-hybridized carbons (Fsp3) is 0.588. The standard InChI is InChI=1S/C17H25NO/c1-3-15-8-10-16(11-9-15)17(19)14(2)18-12-6-4-5-7-13-18/h8-11,14H,3-7,12-13H2,1-2H3. The van der Waals surface area contributed by atoms with Crippen molar-refractivity contribution in [3.63, 3.8) is 0 Å². The van der Waals surface area contributed by atoms with Gasteiger partial charge in [0.1, 0.15) is 0 Å². The molecule has 0 saturated carbocycles. The number of carbonyl (C=O) groups is 1. The maximum Gasteiger partial charge on any atom is 0.179 e. The van der Waals surface area contributed by atoms with Crippen LogP contribution in [0.3, 0.4) is 0 Å². The van der Waals surface area contributed by atoms with Gasteiger partial charge in [-0.1, -0.05) is 44.0 Å². The number of rotatable bonds is 4. The zero-order valence-corrected chi connectivity index (χ0v) is 12.2. The van der Waals surface area contributed by atoms with Gasteiger partial charge in [-0.3, -0.25) is 9.69 Å². The number of likely N-dealkylation sites (tertiary alicyclic amines) is 1. The molecule has 1 aliphatic rings. The first-order valence-corrected chi connectivity index (χ1v) is 7.59. The van der Waals surface area contributed by atoms with Gasteiger partial charge in [-0.2, -0.15) is 0 Å². The molecule has 2 nitrogen and oxygen atoms in total. The second kappa shape index (κ2) is 6.85. The van der Waals surface area contributed by atoms with Crippen LogP contribution in [0.2, 0.25) is 0 Å². The Bertz CT molecular complexity index is 402. The average molecular weight is 259 g/mol. The van der Waals surface area contributed by atoms with Crippen molar-refractivity contribution in [3.05, 3.63) is 35.4 Å². The minimum Gasteiger partial charge on any atom is -0.294 e. The van der Waals surface area contributed by atoms with E-state index in [2.05, 4.69) is 30.9 Å². The monoisotopic (exact) mass is 259 g/mol. The molecule has 0 spiro atoms. The van der Waals surface area contributed by atoms with Crippen LogP contribution in [0.15, 0.2) is 24.3 Å². The SMILES string of the molecule is CCc1ccc(C(=O)C(C)N2CCCCCC2)cc1. The summed E-state index contributed by atoms with van der Waals surface area (Å²) in [6.45, 7) is 6.33. The summed E-state index contributed by atoms with van der Waals surface area (Å²) in [5, 5.41) is 0. The number of ketones is 1. The molecule has 1 fully saturated rings. The number of hydrogen-bond acceptors (Lipinski definition) is 2. The van der Waals surface area contributed by atoms with Gasteiger partial charge in [0, 0.05) is 5.56 Å². The molecule has 1 aromatic rings. The Balaban J connectivity index is 2.04. The molecule has 0 radical (unpaired) electrons. The number of benzene rings is 1. The zero-order chi connectivity index (χ0) is 13.7. The number of carbonyl (C=O) groups excluding carboxylic acids is 1. The molecule has 1 unspecified atom stereocenters. The fourth-order valence-corrected chi connectivity index (χ4v) is 2.79. The summed E-state index contributed by atoms with van der Waals surface area (Å²) in [6, 6.07) is 8.13. The van der Waals surface area contributed by atoms with Crippen LogP contribution in [0.4, 0.5) is 0 Å². The van der Waals surface area contributed by atoms with Gasteiger partial charge in [0.05, 0.1) is 6.04 Å². The Labute approximate surface area is 116 Å². The van der Waals surface area contributed by atoms with E-state index in [1.165, 1.54) is 31.2 Å². The summed E-state index contributed by atoms with van der Waals surface area (Å²) in [7, 11) is 0.